The van der Waals surface area contributed by atoms with Gasteiger partial charge in [0, 0.05) is 17.0 Å². The fourth-order valence-electron chi connectivity index (χ4n) is 2.10. The third-order valence-electron chi connectivity index (χ3n) is 3.63. The Balaban J connectivity index is 3.28. The molecule has 0 heterocycles. The van der Waals surface area contributed by atoms with E-state index in [1.807, 2.05) is 13.8 Å². The van der Waals surface area contributed by atoms with Crippen LogP contribution in [0.3, 0.4) is 0 Å². The summed E-state index contributed by atoms with van der Waals surface area (Å²) in [6, 6.07) is 5.07. The van der Waals surface area contributed by atoms with Crippen LogP contribution in [-0.2, 0) is 0 Å². The Labute approximate surface area is 113 Å². The van der Waals surface area contributed by atoms with Crippen LogP contribution in [0.2, 0.25) is 5.02 Å². The number of hydrogen-bond acceptors (Lipinski definition) is 3. The van der Waals surface area contributed by atoms with Gasteiger partial charge in [-0.3, -0.25) is 4.79 Å². The predicted molar refractivity (Wildman–Crippen MR) is 74.4 cm³/mol. The van der Waals surface area contributed by atoms with Crippen molar-refractivity contribution in [2.24, 2.45) is 11.1 Å². The molecule has 0 aliphatic carbocycles. The Morgan fingerprint density at radius 3 is 2.44 bits per heavy atom. The van der Waals surface area contributed by atoms with Gasteiger partial charge in [-0.1, -0.05) is 25.4 Å². The molecule has 0 aromatic heterocycles. The van der Waals surface area contributed by atoms with E-state index >= 15 is 0 Å². The molecule has 18 heavy (non-hydrogen) atoms. The summed E-state index contributed by atoms with van der Waals surface area (Å²) >= 11 is 5.96. The van der Waals surface area contributed by atoms with Crippen molar-refractivity contribution in [1.82, 2.24) is 0 Å². The molecule has 0 amide bonds. The van der Waals surface area contributed by atoms with E-state index in [9.17, 15) is 4.79 Å². The smallest absolute Gasteiger partial charge is 0.174 e. The van der Waals surface area contributed by atoms with E-state index in [0.29, 0.717) is 35.7 Å². The van der Waals surface area contributed by atoms with Gasteiger partial charge in [0.05, 0.1) is 12.7 Å². The van der Waals surface area contributed by atoms with Crippen LogP contribution in [0.25, 0.3) is 0 Å². The van der Waals surface area contributed by atoms with Crippen LogP contribution in [0.1, 0.15) is 37.0 Å². The Kier molecular flexibility index (Phi) is 5.17. The lowest BCUT2D eigenvalue weighted by Gasteiger charge is -2.29. The third-order valence-corrected chi connectivity index (χ3v) is 3.87. The van der Waals surface area contributed by atoms with E-state index in [1.54, 1.807) is 25.3 Å². The molecule has 100 valence electrons. The molecule has 0 radical (unpaired) electrons. The fraction of sp³-hybridized carbons (Fsp3) is 0.500. The maximum atomic E-state index is 12.7. The van der Waals surface area contributed by atoms with Crippen LogP contribution in [0.5, 0.6) is 5.75 Å². The molecule has 0 saturated heterocycles. The van der Waals surface area contributed by atoms with Gasteiger partial charge in [-0.2, -0.15) is 0 Å². The zero-order chi connectivity index (χ0) is 13.8. The van der Waals surface area contributed by atoms with Crippen molar-refractivity contribution in [1.29, 1.82) is 0 Å². The van der Waals surface area contributed by atoms with Crippen molar-refractivity contribution >= 4 is 17.4 Å². The molecule has 2 N–H and O–H groups in total. The lowest BCUT2D eigenvalue weighted by molar-refractivity contribution is 0.0784. The zero-order valence-corrected chi connectivity index (χ0v) is 11.9. The number of carbonyl (C=O) groups excluding carboxylic acids is 1. The first-order valence-corrected chi connectivity index (χ1v) is 6.50. The second kappa shape index (κ2) is 6.21. The maximum Gasteiger partial charge on any atom is 0.174 e. The van der Waals surface area contributed by atoms with E-state index in [2.05, 4.69) is 0 Å². The minimum absolute atomic E-state index is 0.00866. The Hall–Kier alpha value is -1.06. The topological polar surface area (TPSA) is 52.3 Å². The van der Waals surface area contributed by atoms with E-state index in [4.69, 9.17) is 22.1 Å². The fourth-order valence-corrected chi connectivity index (χ4v) is 2.27. The van der Waals surface area contributed by atoms with Crippen molar-refractivity contribution in [2.45, 2.75) is 26.7 Å². The van der Waals surface area contributed by atoms with Crippen molar-refractivity contribution in [2.75, 3.05) is 13.7 Å². The number of nitrogens with two attached hydrogens (primary N) is 1. The van der Waals surface area contributed by atoms with E-state index < -0.39 is 5.41 Å². The summed E-state index contributed by atoms with van der Waals surface area (Å²) in [5.41, 5.74) is 5.79. The SMILES string of the molecule is CCC(CC)(CN)C(=O)c1cc(Cl)ccc1OC. The first-order valence-electron chi connectivity index (χ1n) is 6.13. The Bertz CT molecular complexity index is 420. The molecule has 0 atom stereocenters. The first-order chi connectivity index (χ1) is 8.54. The standard InChI is InChI=1S/C14H20ClNO2/c1-4-14(5-2,9-16)13(17)11-8-10(15)6-7-12(11)18-3/h6-8H,4-5,9,16H2,1-3H3. The Morgan fingerprint density at radius 2 is 2.00 bits per heavy atom. The number of ether oxygens (including phenoxy) is 1. The maximum absolute atomic E-state index is 12.7. The highest BCUT2D eigenvalue weighted by molar-refractivity contribution is 6.31. The molecule has 1 rings (SSSR count). The van der Waals surface area contributed by atoms with Gasteiger partial charge >= 0.3 is 0 Å². The lowest BCUT2D eigenvalue weighted by atomic mass is 9.75. The van der Waals surface area contributed by atoms with E-state index in [-0.39, 0.29) is 5.78 Å². The third kappa shape index (κ3) is 2.68. The van der Waals surface area contributed by atoms with Gasteiger partial charge in [-0.05, 0) is 31.0 Å². The van der Waals surface area contributed by atoms with Gasteiger partial charge in [-0.15, -0.1) is 0 Å². The summed E-state index contributed by atoms with van der Waals surface area (Å²) in [5.74, 6) is 0.554. The molecule has 0 unspecified atom stereocenters. The number of carbonyl (C=O) groups is 1. The molecule has 3 nitrogen and oxygen atoms in total. The molecular formula is C14H20ClNO2. The monoisotopic (exact) mass is 269 g/mol. The van der Waals surface area contributed by atoms with Gasteiger partial charge in [0.1, 0.15) is 5.75 Å². The van der Waals surface area contributed by atoms with Crippen LogP contribution in [0.4, 0.5) is 0 Å². The van der Waals surface area contributed by atoms with Gasteiger partial charge in [0.25, 0.3) is 0 Å². The molecular weight excluding hydrogens is 250 g/mol. The van der Waals surface area contributed by atoms with Crippen molar-refractivity contribution in [3.05, 3.63) is 28.8 Å². The number of rotatable bonds is 6. The number of halogens is 1. The van der Waals surface area contributed by atoms with E-state index in [0.717, 1.165) is 0 Å². The van der Waals surface area contributed by atoms with Gasteiger partial charge in [0.2, 0.25) is 0 Å². The Morgan fingerprint density at radius 1 is 1.39 bits per heavy atom. The summed E-state index contributed by atoms with van der Waals surface area (Å²) in [6.45, 7) is 4.28. The van der Waals surface area contributed by atoms with E-state index in [1.165, 1.54) is 0 Å². The molecule has 4 heteroatoms. The molecule has 0 aliphatic heterocycles. The second-order valence-corrected chi connectivity index (χ2v) is 4.80. The average molecular weight is 270 g/mol. The molecule has 0 saturated carbocycles. The molecule has 0 fully saturated rings. The highest BCUT2D eigenvalue weighted by atomic mass is 35.5. The van der Waals surface area contributed by atoms with Crippen molar-refractivity contribution < 1.29 is 9.53 Å². The molecule has 0 aliphatic rings. The summed E-state index contributed by atoms with van der Waals surface area (Å²) in [5, 5.41) is 0.525. The zero-order valence-electron chi connectivity index (χ0n) is 11.1. The van der Waals surface area contributed by atoms with Crippen LogP contribution in [-0.4, -0.2) is 19.4 Å². The minimum Gasteiger partial charge on any atom is -0.496 e. The van der Waals surface area contributed by atoms with Crippen LogP contribution in [0.15, 0.2) is 18.2 Å². The average Bonchev–Trinajstić information content (AvgIpc) is 2.41. The first kappa shape index (κ1) is 15.0. The van der Waals surface area contributed by atoms with Gasteiger partial charge in [-0.25, -0.2) is 0 Å². The summed E-state index contributed by atoms with van der Waals surface area (Å²) < 4.78 is 5.23. The molecule has 1 aromatic carbocycles. The lowest BCUT2D eigenvalue weighted by Crippen LogP contribution is -2.37. The predicted octanol–water partition coefficient (Wildman–Crippen LogP) is 3.30. The molecule has 0 spiro atoms. The number of benzene rings is 1. The van der Waals surface area contributed by atoms with Crippen molar-refractivity contribution in [3.8, 4) is 5.75 Å². The van der Waals surface area contributed by atoms with Gasteiger partial charge in [0.15, 0.2) is 5.78 Å². The van der Waals surface area contributed by atoms with Crippen LogP contribution >= 0.6 is 11.6 Å². The molecule has 1 aromatic rings. The van der Waals surface area contributed by atoms with Crippen molar-refractivity contribution in [3.63, 3.8) is 0 Å². The number of Topliss-reactive ketones (excluding diaryl/α,β-unsaturated/α-hetero) is 1. The number of methoxy groups -OCH3 is 1. The number of hydrogen-bond donors (Lipinski definition) is 1. The highest BCUT2D eigenvalue weighted by Gasteiger charge is 2.35. The van der Waals surface area contributed by atoms with Gasteiger partial charge < -0.3 is 10.5 Å². The normalized spacial score (nSPS) is 11.4. The molecule has 0 bridgehead atoms. The highest BCUT2D eigenvalue weighted by Crippen LogP contribution is 2.34. The second-order valence-electron chi connectivity index (χ2n) is 4.37. The van der Waals surface area contributed by atoms with Crippen LogP contribution < -0.4 is 10.5 Å². The number of ketones is 1. The van der Waals surface area contributed by atoms with Crippen LogP contribution in [0, 0.1) is 5.41 Å². The quantitative estimate of drug-likeness (QED) is 0.806. The minimum atomic E-state index is -0.530. The summed E-state index contributed by atoms with van der Waals surface area (Å²) in [4.78, 5) is 12.7. The largest absolute Gasteiger partial charge is 0.496 e. The summed E-state index contributed by atoms with van der Waals surface area (Å²) in [6.07, 6.45) is 1.41. The summed E-state index contributed by atoms with van der Waals surface area (Å²) in [7, 11) is 1.54.